The minimum absolute atomic E-state index is 0.145. The van der Waals surface area contributed by atoms with E-state index in [1.807, 2.05) is 0 Å². The van der Waals surface area contributed by atoms with Crippen LogP contribution in [0.4, 0.5) is 0 Å². The topological polar surface area (TPSA) is 47.6 Å². The molecule has 4 nitrogen and oxygen atoms in total. The van der Waals surface area contributed by atoms with E-state index in [9.17, 15) is 4.79 Å². The van der Waals surface area contributed by atoms with E-state index < -0.39 is 0 Å². The standard InChI is InChI=1S/C21H37NO3/c1-6-14(7-2)18-16-12-15-13-21(16,9-11-25-18)19(20(15,3)4)22-17(23)8-10-24-5/h14-16,18-19H,6-13H2,1-5H3,(H,22,23)/t15-,16-,18-,19-,21?/m1/s1. The maximum absolute atomic E-state index is 12.5. The van der Waals surface area contributed by atoms with Gasteiger partial charge in [-0.3, -0.25) is 4.79 Å². The average Bonchev–Trinajstić information content (AvgIpc) is 3.07. The minimum Gasteiger partial charge on any atom is -0.384 e. The third-order valence-corrected chi connectivity index (χ3v) is 7.90. The summed E-state index contributed by atoms with van der Waals surface area (Å²) >= 11 is 0. The summed E-state index contributed by atoms with van der Waals surface area (Å²) < 4.78 is 11.4. The van der Waals surface area contributed by atoms with Crippen LogP contribution in [0, 0.1) is 28.6 Å². The molecule has 4 heteroatoms. The molecule has 0 aromatic heterocycles. The first-order valence-corrected chi connectivity index (χ1v) is 10.3. The summed E-state index contributed by atoms with van der Waals surface area (Å²) in [4.78, 5) is 12.5. The van der Waals surface area contributed by atoms with Crippen LogP contribution in [0.1, 0.15) is 66.2 Å². The number of carbonyl (C=O) groups excluding carboxylic acids is 1. The second-order valence-electron chi connectivity index (χ2n) is 9.20. The van der Waals surface area contributed by atoms with E-state index in [4.69, 9.17) is 9.47 Å². The fourth-order valence-electron chi connectivity index (χ4n) is 6.48. The van der Waals surface area contributed by atoms with Crippen LogP contribution in [0.5, 0.6) is 0 Å². The fourth-order valence-corrected chi connectivity index (χ4v) is 6.48. The molecule has 2 aliphatic carbocycles. The molecule has 2 saturated carbocycles. The van der Waals surface area contributed by atoms with Crippen LogP contribution in [0.25, 0.3) is 0 Å². The number of nitrogens with one attached hydrogen (secondary N) is 1. The zero-order chi connectivity index (χ0) is 18.2. The van der Waals surface area contributed by atoms with Crippen molar-refractivity contribution in [2.75, 3.05) is 20.3 Å². The first kappa shape index (κ1) is 19.2. The fraction of sp³-hybridized carbons (Fsp3) is 0.952. The van der Waals surface area contributed by atoms with Crippen LogP contribution < -0.4 is 5.32 Å². The van der Waals surface area contributed by atoms with Crippen LogP contribution in [-0.2, 0) is 14.3 Å². The van der Waals surface area contributed by atoms with Gasteiger partial charge in [-0.25, -0.2) is 0 Å². The van der Waals surface area contributed by atoms with Crippen LogP contribution in [0.15, 0.2) is 0 Å². The highest BCUT2D eigenvalue weighted by Gasteiger charge is 2.68. The molecule has 2 bridgehead atoms. The first-order valence-electron chi connectivity index (χ1n) is 10.3. The Morgan fingerprint density at radius 1 is 1.32 bits per heavy atom. The highest BCUT2D eigenvalue weighted by molar-refractivity contribution is 5.76. The van der Waals surface area contributed by atoms with Crippen LogP contribution in [0.3, 0.4) is 0 Å². The average molecular weight is 352 g/mol. The lowest BCUT2D eigenvalue weighted by Gasteiger charge is -2.54. The summed E-state index contributed by atoms with van der Waals surface area (Å²) in [5, 5.41) is 3.45. The highest BCUT2D eigenvalue weighted by atomic mass is 16.5. The maximum Gasteiger partial charge on any atom is 0.222 e. The SMILES string of the molecule is CCC(CC)[C@H]1OCCC23C[C@@H](C[C@H]12)C(C)(C)[C@H]3NC(=O)CCOC. The van der Waals surface area contributed by atoms with E-state index in [0.29, 0.717) is 36.9 Å². The van der Waals surface area contributed by atoms with E-state index in [2.05, 4.69) is 33.0 Å². The van der Waals surface area contributed by atoms with Gasteiger partial charge in [0.25, 0.3) is 0 Å². The van der Waals surface area contributed by atoms with E-state index >= 15 is 0 Å². The molecule has 3 rings (SSSR count). The lowest BCUT2D eigenvalue weighted by molar-refractivity contribution is -0.148. The van der Waals surface area contributed by atoms with Gasteiger partial charge >= 0.3 is 0 Å². The number of fused-ring (bicyclic) bond motifs is 1. The third-order valence-electron chi connectivity index (χ3n) is 7.90. The molecule has 0 aromatic rings. The number of rotatable bonds is 7. The first-order chi connectivity index (χ1) is 11.9. The molecule has 1 aliphatic heterocycles. The Hall–Kier alpha value is -0.610. The normalized spacial score (nSPS) is 38.8. The van der Waals surface area contributed by atoms with Gasteiger partial charge in [0, 0.05) is 26.2 Å². The lowest BCUT2D eigenvalue weighted by atomic mass is 9.58. The van der Waals surface area contributed by atoms with Gasteiger partial charge < -0.3 is 14.8 Å². The Morgan fingerprint density at radius 2 is 2.04 bits per heavy atom. The third kappa shape index (κ3) is 3.03. The van der Waals surface area contributed by atoms with Gasteiger partial charge in [-0.1, -0.05) is 40.5 Å². The van der Waals surface area contributed by atoms with Crippen molar-refractivity contribution in [3.63, 3.8) is 0 Å². The van der Waals surface area contributed by atoms with Gasteiger partial charge in [0.05, 0.1) is 12.7 Å². The molecule has 1 amide bonds. The molecule has 144 valence electrons. The van der Waals surface area contributed by atoms with E-state index in [-0.39, 0.29) is 22.8 Å². The van der Waals surface area contributed by atoms with Crippen LogP contribution >= 0.6 is 0 Å². The molecular weight excluding hydrogens is 314 g/mol. The summed E-state index contributed by atoms with van der Waals surface area (Å²) in [6, 6.07) is 0.272. The van der Waals surface area contributed by atoms with Gasteiger partial charge in [0.15, 0.2) is 0 Å². The second-order valence-corrected chi connectivity index (χ2v) is 9.20. The number of carbonyl (C=O) groups is 1. The Bertz CT molecular complexity index is 488. The predicted molar refractivity (Wildman–Crippen MR) is 99.3 cm³/mol. The van der Waals surface area contributed by atoms with E-state index in [1.165, 1.54) is 25.7 Å². The molecule has 25 heavy (non-hydrogen) atoms. The number of ether oxygens (including phenoxy) is 2. The summed E-state index contributed by atoms with van der Waals surface area (Å²) in [5.41, 5.74) is 0.414. The quantitative estimate of drug-likeness (QED) is 0.759. The van der Waals surface area contributed by atoms with Crippen molar-refractivity contribution >= 4 is 5.91 Å². The van der Waals surface area contributed by atoms with Crippen LogP contribution in [0.2, 0.25) is 0 Å². The zero-order valence-electron chi connectivity index (χ0n) is 16.8. The maximum atomic E-state index is 12.5. The molecule has 3 fully saturated rings. The molecular formula is C21H37NO3. The number of hydrogen-bond donors (Lipinski definition) is 1. The molecule has 3 aliphatic rings. The van der Waals surface area contributed by atoms with Gasteiger partial charge in [-0.15, -0.1) is 0 Å². The smallest absolute Gasteiger partial charge is 0.222 e. The largest absolute Gasteiger partial charge is 0.384 e. The highest BCUT2D eigenvalue weighted by Crippen LogP contribution is 2.69. The van der Waals surface area contributed by atoms with Gasteiger partial charge in [-0.05, 0) is 47.8 Å². The predicted octanol–water partition coefficient (Wildman–Crippen LogP) is 3.79. The van der Waals surface area contributed by atoms with Crippen molar-refractivity contribution in [1.82, 2.24) is 5.32 Å². The molecule has 1 heterocycles. The van der Waals surface area contributed by atoms with Gasteiger partial charge in [0.2, 0.25) is 5.91 Å². The zero-order valence-corrected chi connectivity index (χ0v) is 16.8. The van der Waals surface area contributed by atoms with Crippen molar-refractivity contribution < 1.29 is 14.3 Å². The Balaban J connectivity index is 1.84. The lowest BCUT2D eigenvalue weighted by Crippen LogP contribution is -2.61. The Morgan fingerprint density at radius 3 is 2.68 bits per heavy atom. The van der Waals surface area contributed by atoms with Crippen molar-refractivity contribution in [1.29, 1.82) is 0 Å². The Kier molecular flexibility index (Phi) is 5.51. The second kappa shape index (κ2) is 7.19. The molecule has 1 spiro atoms. The summed E-state index contributed by atoms with van der Waals surface area (Å²) in [7, 11) is 1.65. The molecule has 1 unspecified atom stereocenters. The molecule has 0 aromatic carbocycles. The number of hydrogen-bond acceptors (Lipinski definition) is 3. The van der Waals surface area contributed by atoms with Crippen molar-refractivity contribution in [3.8, 4) is 0 Å². The van der Waals surface area contributed by atoms with Gasteiger partial charge in [-0.2, -0.15) is 0 Å². The van der Waals surface area contributed by atoms with E-state index in [1.54, 1.807) is 7.11 Å². The molecule has 5 atom stereocenters. The summed E-state index contributed by atoms with van der Waals surface area (Å²) in [5.74, 6) is 2.10. The number of methoxy groups -OCH3 is 1. The van der Waals surface area contributed by atoms with Gasteiger partial charge in [0.1, 0.15) is 0 Å². The molecule has 0 radical (unpaired) electrons. The van der Waals surface area contributed by atoms with Crippen LogP contribution in [-0.4, -0.2) is 38.4 Å². The summed E-state index contributed by atoms with van der Waals surface area (Å²) in [6.07, 6.45) is 6.85. The molecule has 1 saturated heterocycles. The molecule has 1 N–H and O–H groups in total. The van der Waals surface area contributed by atoms with E-state index in [0.717, 1.165) is 13.0 Å². The minimum atomic E-state index is 0.145. The Labute approximate surface area is 153 Å². The van der Waals surface area contributed by atoms with Crippen molar-refractivity contribution in [2.45, 2.75) is 78.4 Å². The monoisotopic (exact) mass is 351 g/mol. The van der Waals surface area contributed by atoms with Crippen molar-refractivity contribution in [2.24, 2.45) is 28.6 Å². The summed E-state index contributed by atoms with van der Waals surface area (Å²) in [6.45, 7) is 10.7. The number of amides is 1. The van der Waals surface area contributed by atoms with Crippen molar-refractivity contribution in [3.05, 3.63) is 0 Å².